The third-order valence-electron chi connectivity index (χ3n) is 3.16. The fourth-order valence-corrected chi connectivity index (χ4v) is 2.21. The third-order valence-corrected chi connectivity index (χ3v) is 3.16. The Morgan fingerprint density at radius 3 is 2.68 bits per heavy atom. The summed E-state index contributed by atoms with van der Waals surface area (Å²) in [5.41, 5.74) is 4.20. The molecule has 0 radical (unpaired) electrons. The zero-order valence-electron chi connectivity index (χ0n) is 10.0. The monoisotopic (exact) mass is 280 g/mol. The molecule has 0 saturated carbocycles. The van der Waals surface area contributed by atoms with Crippen LogP contribution in [0.25, 0.3) is 11.3 Å². The molecule has 1 aliphatic rings. The number of nitro benzene ring substituents is 1. The molecule has 0 atom stereocenters. The largest absolute Gasteiger partial charge is 0.312 e. The van der Waals surface area contributed by atoms with E-state index < -0.39 is 4.92 Å². The quantitative estimate of drug-likeness (QED) is 0.651. The summed E-state index contributed by atoms with van der Waals surface area (Å²) in [6, 6.07) is 6.49. The Morgan fingerprint density at radius 1 is 1.26 bits per heavy atom. The van der Waals surface area contributed by atoms with Gasteiger partial charge in [0.25, 0.3) is 5.69 Å². The van der Waals surface area contributed by atoms with E-state index in [1.807, 2.05) is 0 Å². The average molecular weight is 281 g/mol. The summed E-state index contributed by atoms with van der Waals surface area (Å²) in [6.07, 6.45) is 0.940. The van der Waals surface area contributed by atoms with Gasteiger partial charge in [0, 0.05) is 48.5 Å². The summed E-state index contributed by atoms with van der Waals surface area (Å²) in [5, 5.41) is 21.2. The molecule has 1 aromatic heterocycles. The Balaban J connectivity index is 0.00000133. The number of rotatable bonds is 2. The minimum Gasteiger partial charge on any atom is -0.312 e. The van der Waals surface area contributed by atoms with Crippen LogP contribution in [0.3, 0.4) is 0 Å². The second-order valence-corrected chi connectivity index (χ2v) is 4.26. The predicted octanol–water partition coefficient (Wildman–Crippen LogP) is 2.05. The maximum absolute atomic E-state index is 10.6. The average Bonchev–Trinajstić information content (AvgIpc) is 2.82. The van der Waals surface area contributed by atoms with E-state index >= 15 is 0 Å². The number of nitrogens with one attached hydrogen (secondary N) is 2. The summed E-state index contributed by atoms with van der Waals surface area (Å²) in [6.45, 7) is 1.74. The van der Waals surface area contributed by atoms with Gasteiger partial charge < -0.3 is 5.32 Å². The van der Waals surface area contributed by atoms with Crippen LogP contribution in [0, 0.1) is 10.1 Å². The zero-order chi connectivity index (χ0) is 12.5. The number of benzene rings is 1. The number of non-ortho nitro benzene ring substituents is 1. The van der Waals surface area contributed by atoms with Crippen LogP contribution >= 0.6 is 12.4 Å². The van der Waals surface area contributed by atoms with E-state index in [9.17, 15) is 10.1 Å². The first-order valence-electron chi connectivity index (χ1n) is 5.77. The normalized spacial score (nSPS) is 13.5. The summed E-state index contributed by atoms with van der Waals surface area (Å²) < 4.78 is 0. The number of H-pyrrole nitrogens is 1. The Morgan fingerprint density at radius 2 is 2.00 bits per heavy atom. The topological polar surface area (TPSA) is 83.8 Å². The fraction of sp³-hybridized carbons (Fsp3) is 0.250. The summed E-state index contributed by atoms with van der Waals surface area (Å²) in [7, 11) is 0. The zero-order valence-corrected chi connectivity index (χ0v) is 10.9. The lowest BCUT2D eigenvalue weighted by Crippen LogP contribution is -2.23. The summed E-state index contributed by atoms with van der Waals surface area (Å²) in [5.74, 6) is 0. The number of hydrogen-bond acceptors (Lipinski definition) is 4. The highest BCUT2D eigenvalue weighted by Gasteiger charge is 2.18. The standard InChI is InChI=1S/C12H12N4O2.ClH/c17-16(18)9-3-1-8(2-4-9)12-10-7-13-6-5-11(10)14-15-12;/h1-4,13H,5-7H2,(H,14,15);1H. The number of fused-ring (bicyclic) bond motifs is 1. The van der Waals surface area contributed by atoms with Gasteiger partial charge in [0.1, 0.15) is 0 Å². The van der Waals surface area contributed by atoms with E-state index in [0.29, 0.717) is 0 Å². The van der Waals surface area contributed by atoms with Crippen LogP contribution in [-0.4, -0.2) is 21.7 Å². The molecule has 19 heavy (non-hydrogen) atoms. The lowest BCUT2D eigenvalue weighted by molar-refractivity contribution is -0.384. The van der Waals surface area contributed by atoms with Crippen LogP contribution in [0.1, 0.15) is 11.3 Å². The smallest absolute Gasteiger partial charge is 0.269 e. The van der Waals surface area contributed by atoms with Gasteiger partial charge in [-0.15, -0.1) is 12.4 Å². The van der Waals surface area contributed by atoms with Crippen LogP contribution in [0.5, 0.6) is 0 Å². The minimum atomic E-state index is -0.397. The van der Waals surface area contributed by atoms with Crippen molar-refractivity contribution in [2.45, 2.75) is 13.0 Å². The van der Waals surface area contributed by atoms with Gasteiger partial charge in [-0.1, -0.05) is 0 Å². The number of hydrogen-bond donors (Lipinski definition) is 2. The number of nitro groups is 1. The SMILES string of the molecule is Cl.O=[N+]([O-])c1ccc(-c2n[nH]c3c2CNCC3)cc1. The molecule has 0 saturated heterocycles. The second-order valence-electron chi connectivity index (χ2n) is 4.26. The highest BCUT2D eigenvalue weighted by molar-refractivity contribution is 5.85. The fourth-order valence-electron chi connectivity index (χ4n) is 2.21. The number of aromatic nitrogens is 2. The summed E-state index contributed by atoms with van der Waals surface area (Å²) >= 11 is 0. The lowest BCUT2D eigenvalue weighted by atomic mass is 10.0. The molecule has 0 aliphatic carbocycles. The van der Waals surface area contributed by atoms with Gasteiger partial charge in [-0.25, -0.2) is 0 Å². The van der Waals surface area contributed by atoms with E-state index in [-0.39, 0.29) is 18.1 Å². The molecule has 1 aliphatic heterocycles. The van der Waals surface area contributed by atoms with Crippen molar-refractivity contribution in [3.05, 3.63) is 45.6 Å². The minimum absolute atomic E-state index is 0. The molecule has 0 bridgehead atoms. The first-order valence-corrected chi connectivity index (χ1v) is 5.77. The van der Waals surface area contributed by atoms with E-state index in [1.165, 1.54) is 12.1 Å². The number of aromatic amines is 1. The maximum Gasteiger partial charge on any atom is 0.269 e. The first-order chi connectivity index (χ1) is 8.75. The molecular formula is C12H13ClN4O2. The molecule has 2 aromatic rings. The van der Waals surface area contributed by atoms with E-state index in [1.54, 1.807) is 12.1 Å². The number of halogens is 1. The van der Waals surface area contributed by atoms with Gasteiger partial charge >= 0.3 is 0 Å². The van der Waals surface area contributed by atoms with E-state index in [4.69, 9.17) is 0 Å². The van der Waals surface area contributed by atoms with Gasteiger partial charge in [-0.2, -0.15) is 5.10 Å². The van der Waals surface area contributed by atoms with Crippen molar-refractivity contribution < 1.29 is 4.92 Å². The molecule has 0 amide bonds. The number of nitrogens with zero attached hydrogens (tertiary/aromatic N) is 2. The Kier molecular flexibility index (Phi) is 3.82. The van der Waals surface area contributed by atoms with Gasteiger partial charge in [0.15, 0.2) is 0 Å². The van der Waals surface area contributed by atoms with E-state index in [2.05, 4.69) is 15.5 Å². The molecule has 0 spiro atoms. The van der Waals surface area contributed by atoms with Crippen molar-refractivity contribution in [3.63, 3.8) is 0 Å². The highest BCUT2D eigenvalue weighted by atomic mass is 35.5. The van der Waals surface area contributed by atoms with Crippen molar-refractivity contribution in [1.29, 1.82) is 0 Å². The van der Waals surface area contributed by atoms with Crippen molar-refractivity contribution in [2.24, 2.45) is 0 Å². The molecule has 0 fully saturated rings. The Labute approximate surface area is 115 Å². The molecule has 0 unspecified atom stereocenters. The van der Waals surface area contributed by atoms with Crippen molar-refractivity contribution in [3.8, 4) is 11.3 Å². The van der Waals surface area contributed by atoms with Crippen molar-refractivity contribution in [2.75, 3.05) is 6.54 Å². The Bertz CT molecular complexity index is 594. The molecule has 7 heteroatoms. The van der Waals surface area contributed by atoms with Gasteiger partial charge in [-0.05, 0) is 12.1 Å². The Hall–Kier alpha value is -1.92. The first kappa shape index (κ1) is 13.5. The third kappa shape index (κ3) is 2.45. The maximum atomic E-state index is 10.6. The molecular weight excluding hydrogens is 268 g/mol. The second kappa shape index (κ2) is 5.38. The molecule has 2 heterocycles. The molecule has 3 rings (SSSR count). The lowest BCUT2D eigenvalue weighted by Gasteiger charge is -2.12. The predicted molar refractivity (Wildman–Crippen MR) is 73.3 cm³/mol. The van der Waals surface area contributed by atoms with Gasteiger partial charge in [0.05, 0.1) is 10.6 Å². The molecule has 2 N–H and O–H groups in total. The van der Waals surface area contributed by atoms with Crippen molar-refractivity contribution in [1.82, 2.24) is 15.5 Å². The van der Waals surface area contributed by atoms with Gasteiger partial charge in [-0.3, -0.25) is 15.2 Å². The van der Waals surface area contributed by atoms with Crippen LogP contribution in [0.4, 0.5) is 5.69 Å². The summed E-state index contributed by atoms with van der Waals surface area (Å²) in [4.78, 5) is 10.2. The van der Waals surface area contributed by atoms with Crippen LogP contribution in [0.15, 0.2) is 24.3 Å². The highest BCUT2D eigenvalue weighted by Crippen LogP contribution is 2.27. The van der Waals surface area contributed by atoms with Crippen LogP contribution < -0.4 is 5.32 Å². The molecule has 1 aromatic carbocycles. The van der Waals surface area contributed by atoms with E-state index in [0.717, 1.165) is 42.0 Å². The van der Waals surface area contributed by atoms with Crippen LogP contribution in [0.2, 0.25) is 0 Å². The molecule has 6 nitrogen and oxygen atoms in total. The van der Waals surface area contributed by atoms with Gasteiger partial charge in [0.2, 0.25) is 0 Å². The van der Waals surface area contributed by atoms with Crippen LogP contribution in [-0.2, 0) is 13.0 Å². The molecule has 100 valence electrons. The van der Waals surface area contributed by atoms with Crippen molar-refractivity contribution >= 4 is 18.1 Å².